The summed E-state index contributed by atoms with van der Waals surface area (Å²) in [7, 11) is 0. The van der Waals surface area contributed by atoms with Gasteiger partial charge in [0.2, 0.25) is 0 Å². The first-order valence-corrected chi connectivity index (χ1v) is 9.50. The molecule has 0 radical (unpaired) electrons. The number of hydrogen-bond donors (Lipinski definition) is 2. The minimum absolute atomic E-state index is 0.137. The van der Waals surface area contributed by atoms with Crippen molar-refractivity contribution in [1.82, 2.24) is 0 Å². The average Bonchev–Trinajstić information content (AvgIpc) is 3.01. The maximum Gasteiger partial charge on any atom is 0.341 e. The number of ether oxygens (including phenoxy) is 2. The molecule has 1 atom stereocenters. The number of rotatable bonds is 8. The molecule has 30 heavy (non-hydrogen) atoms. The van der Waals surface area contributed by atoms with Crippen LogP contribution in [0.15, 0.2) is 59.0 Å². The second-order valence-electron chi connectivity index (χ2n) is 6.57. The number of carbonyl (C=O) groups excluding carboxylic acids is 1. The van der Waals surface area contributed by atoms with Crippen LogP contribution >= 0.6 is 0 Å². The minimum Gasteiger partial charge on any atom is -0.479 e. The monoisotopic (exact) mass is 409 g/mol. The van der Waals surface area contributed by atoms with Crippen LogP contribution in [0.1, 0.15) is 40.4 Å². The summed E-state index contributed by atoms with van der Waals surface area (Å²) >= 11 is 0. The van der Waals surface area contributed by atoms with Crippen molar-refractivity contribution in [2.75, 3.05) is 11.9 Å². The van der Waals surface area contributed by atoms with E-state index in [1.165, 1.54) is 0 Å². The lowest BCUT2D eigenvalue weighted by atomic mass is 10.1. The van der Waals surface area contributed by atoms with E-state index < -0.39 is 18.0 Å². The predicted molar refractivity (Wildman–Crippen MR) is 111 cm³/mol. The molecular weight excluding hydrogens is 386 g/mol. The number of esters is 1. The van der Waals surface area contributed by atoms with Crippen LogP contribution < -0.4 is 10.1 Å². The van der Waals surface area contributed by atoms with Crippen molar-refractivity contribution in [3.8, 4) is 11.5 Å². The molecular formula is C23H23NO6. The van der Waals surface area contributed by atoms with Crippen LogP contribution in [-0.4, -0.2) is 23.7 Å². The van der Waals surface area contributed by atoms with Gasteiger partial charge >= 0.3 is 11.9 Å². The van der Waals surface area contributed by atoms with E-state index >= 15 is 0 Å². The van der Waals surface area contributed by atoms with Gasteiger partial charge in [-0.1, -0.05) is 30.3 Å². The minimum atomic E-state index is -1.23. The smallest absolute Gasteiger partial charge is 0.341 e. The molecule has 1 unspecified atom stereocenters. The molecule has 3 rings (SSSR count). The standard InChI is InChI=1S/C23H23NO6/c1-4-28-23(27)19-14(2)21(29-15(19)3)20(22(25)26)24-17-12-8-9-13-18(17)30-16-10-6-5-7-11-16/h5-13,20,24H,4H2,1-3H3,(H,25,26). The summed E-state index contributed by atoms with van der Waals surface area (Å²) in [6.07, 6.45) is 0. The van der Waals surface area contributed by atoms with Crippen LogP contribution in [0.2, 0.25) is 0 Å². The highest BCUT2D eigenvalue weighted by atomic mass is 16.5. The van der Waals surface area contributed by atoms with Gasteiger partial charge in [0.25, 0.3) is 0 Å². The van der Waals surface area contributed by atoms with E-state index in [1.807, 2.05) is 18.2 Å². The number of carboxylic acids is 1. The number of hydrogen-bond acceptors (Lipinski definition) is 6. The van der Waals surface area contributed by atoms with Gasteiger partial charge in [0.15, 0.2) is 11.8 Å². The fourth-order valence-corrected chi connectivity index (χ4v) is 3.14. The Balaban J connectivity index is 1.94. The third kappa shape index (κ3) is 4.46. The van der Waals surface area contributed by atoms with Gasteiger partial charge < -0.3 is 24.3 Å². The fraction of sp³-hybridized carbons (Fsp3) is 0.217. The number of para-hydroxylation sites is 3. The zero-order valence-electron chi connectivity index (χ0n) is 17.0. The van der Waals surface area contributed by atoms with Crippen molar-refractivity contribution in [2.45, 2.75) is 26.8 Å². The van der Waals surface area contributed by atoms with Crippen molar-refractivity contribution in [1.29, 1.82) is 0 Å². The van der Waals surface area contributed by atoms with Crippen LogP contribution in [0.5, 0.6) is 11.5 Å². The molecule has 2 aromatic carbocycles. The van der Waals surface area contributed by atoms with E-state index in [4.69, 9.17) is 13.9 Å². The van der Waals surface area contributed by atoms with E-state index in [9.17, 15) is 14.7 Å². The van der Waals surface area contributed by atoms with E-state index in [0.717, 1.165) is 0 Å². The lowest BCUT2D eigenvalue weighted by molar-refractivity contribution is -0.138. The lowest BCUT2D eigenvalue weighted by Gasteiger charge is -2.18. The van der Waals surface area contributed by atoms with E-state index in [-0.39, 0.29) is 17.9 Å². The summed E-state index contributed by atoms with van der Waals surface area (Å²) in [5, 5.41) is 12.8. The van der Waals surface area contributed by atoms with Crippen LogP contribution in [0.3, 0.4) is 0 Å². The van der Waals surface area contributed by atoms with Gasteiger partial charge in [-0.25, -0.2) is 9.59 Å². The lowest BCUT2D eigenvalue weighted by Crippen LogP contribution is -2.21. The topological polar surface area (TPSA) is 98.0 Å². The first-order chi connectivity index (χ1) is 14.4. The van der Waals surface area contributed by atoms with Crippen LogP contribution in [0.25, 0.3) is 0 Å². The Kier molecular flexibility index (Phi) is 6.41. The molecule has 7 heteroatoms. The summed E-state index contributed by atoms with van der Waals surface area (Å²) in [5.41, 5.74) is 1.14. The maximum absolute atomic E-state index is 12.2. The van der Waals surface area contributed by atoms with E-state index in [1.54, 1.807) is 57.2 Å². The van der Waals surface area contributed by atoms with Crippen molar-refractivity contribution in [3.63, 3.8) is 0 Å². The molecule has 0 bridgehead atoms. The Bertz CT molecular complexity index is 1040. The second kappa shape index (κ2) is 9.17. The third-order valence-corrected chi connectivity index (χ3v) is 4.51. The van der Waals surface area contributed by atoms with Gasteiger partial charge in [0, 0.05) is 5.56 Å². The van der Waals surface area contributed by atoms with Crippen molar-refractivity contribution in [2.24, 2.45) is 0 Å². The summed E-state index contributed by atoms with van der Waals surface area (Å²) < 4.78 is 16.6. The number of carbonyl (C=O) groups is 2. The summed E-state index contributed by atoms with van der Waals surface area (Å²) in [4.78, 5) is 24.3. The van der Waals surface area contributed by atoms with Gasteiger partial charge in [0.05, 0.1) is 12.3 Å². The number of benzene rings is 2. The van der Waals surface area contributed by atoms with Gasteiger partial charge in [-0.3, -0.25) is 0 Å². The highest BCUT2D eigenvalue weighted by Gasteiger charge is 2.31. The summed E-state index contributed by atoms with van der Waals surface area (Å²) in [6.45, 7) is 5.16. The molecule has 2 N–H and O–H groups in total. The molecule has 0 aliphatic heterocycles. The largest absolute Gasteiger partial charge is 0.479 e. The summed E-state index contributed by atoms with van der Waals surface area (Å²) in [6, 6.07) is 14.9. The SMILES string of the molecule is CCOC(=O)c1c(C)oc(C(Nc2ccccc2Oc2ccccc2)C(=O)O)c1C. The molecule has 0 amide bonds. The van der Waals surface area contributed by atoms with Crippen LogP contribution in [-0.2, 0) is 9.53 Å². The number of anilines is 1. The number of nitrogens with one attached hydrogen (secondary N) is 1. The Hall–Kier alpha value is -3.74. The molecule has 0 aliphatic rings. The van der Waals surface area contributed by atoms with Gasteiger partial charge in [-0.2, -0.15) is 0 Å². The summed E-state index contributed by atoms with van der Waals surface area (Å²) in [5.74, 6) is -0.175. The van der Waals surface area contributed by atoms with Gasteiger partial charge in [-0.15, -0.1) is 0 Å². The van der Waals surface area contributed by atoms with Crippen LogP contribution in [0, 0.1) is 13.8 Å². The highest BCUT2D eigenvalue weighted by Crippen LogP contribution is 2.34. The van der Waals surface area contributed by atoms with Crippen LogP contribution in [0.4, 0.5) is 5.69 Å². The maximum atomic E-state index is 12.2. The average molecular weight is 409 g/mol. The Morgan fingerprint density at radius 3 is 2.40 bits per heavy atom. The predicted octanol–water partition coefficient (Wildman–Crippen LogP) is 5.10. The number of carboxylic acid groups (broad SMARTS) is 1. The third-order valence-electron chi connectivity index (χ3n) is 4.51. The van der Waals surface area contributed by atoms with Gasteiger partial charge in [-0.05, 0) is 45.0 Å². The fourth-order valence-electron chi connectivity index (χ4n) is 3.14. The molecule has 1 aromatic heterocycles. The van der Waals surface area contributed by atoms with E-state index in [0.29, 0.717) is 28.5 Å². The molecule has 0 saturated heterocycles. The highest BCUT2D eigenvalue weighted by molar-refractivity contribution is 5.93. The zero-order chi connectivity index (χ0) is 21.7. The molecule has 0 saturated carbocycles. The normalized spacial score (nSPS) is 11.6. The molecule has 7 nitrogen and oxygen atoms in total. The Morgan fingerprint density at radius 2 is 1.73 bits per heavy atom. The second-order valence-corrected chi connectivity index (χ2v) is 6.57. The molecule has 0 spiro atoms. The Labute approximate surface area is 174 Å². The number of aliphatic carboxylic acids is 1. The molecule has 0 fully saturated rings. The molecule has 3 aromatic rings. The van der Waals surface area contributed by atoms with Crippen molar-refractivity contribution < 1.29 is 28.6 Å². The van der Waals surface area contributed by atoms with E-state index in [2.05, 4.69) is 5.32 Å². The van der Waals surface area contributed by atoms with Crippen molar-refractivity contribution >= 4 is 17.6 Å². The zero-order valence-corrected chi connectivity index (χ0v) is 17.0. The van der Waals surface area contributed by atoms with Gasteiger partial charge in [0.1, 0.15) is 22.8 Å². The molecule has 0 aliphatic carbocycles. The molecule has 1 heterocycles. The number of aryl methyl sites for hydroxylation is 1. The van der Waals surface area contributed by atoms with Crippen molar-refractivity contribution in [3.05, 3.63) is 77.2 Å². The Morgan fingerprint density at radius 1 is 1.07 bits per heavy atom. The first kappa shape index (κ1) is 21.0. The first-order valence-electron chi connectivity index (χ1n) is 9.50. The molecule has 156 valence electrons. The quantitative estimate of drug-likeness (QED) is 0.499. The number of furan rings is 1.